The molecule has 0 aromatic rings. The minimum Gasteiger partial charge on any atom is -0.314 e. The van der Waals surface area contributed by atoms with Crippen LogP contribution in [-0.4, -0.2) is 37.1 Å². The molecule has 2 heteroatoms. The lowest BCUT2D eigenvalue weighted by Gasteiger charge is -2.48. The molecule has 0 bridgehead atoms. The van der Waals surface area contributed by atoms with Crippen LogP contribution in [0.2, 0.25) is 0 Å². The van der Waals surface area contributed by atoms with Crippen LogP contribution in [0.1, 0.15) is 44.9 Å². The van der Waals surface area contributed by atoms with Gasteiger partial charge in [-0.25, -0.2) is 0 Å². The Hall–Kier alpha value is -0.0800. The summed E-state index contributed by atoms with van der Waals surface area (Å²) in [4.78, 5) is 2.67. The van der Waals surface area contributed by atoms with Crippen molar-refractivity contribution in [3.8, 4) is 0 Å². The first-order chi connectivity index (χ1) is 7.36. The first-order valence-corrected chi connectivity index (χ1v) is 6.82. The quantitative estimate of drug-likeness (QED) is 0.695. The third-order valence-corrected chi connectivity index (χ3v) is 4.44. The van der Waals surface area contributed by atoms with Gasteiger partial charge in [-0.15, -0.1) is 0 Å². The molecule has 2 aliphatic carbocycles. The average molecular weight is 208 g/mol. The van der Waals surface area contributed by atoms with Gasteiger partial charge in [-0.2, -0.15) is 0 Å². The number of nitrogens with zero attached hydrogens (tertiary/aromatic N) is 1. The highest BCUT2D eigenvalue weighted by atomic mass is 15.2. The van der Waals surface area contributed by atoms with Crippen molar-refractivity contribution in [1.29, 1.82) is 0 Å². The van der Waals surface area contributed by atoms with Crippen LogP contribution in [0.4, 0.5) is 0 Å². The van der Waals surface area contributed by atoms with Crippen LogP contribution in [0.25, 0.3) is 0 Å². The first kappa shape index (κ1) is 10.1. The molecular weight excluding hydrogens is 184 g/mol. The summed E-state index contributed by atoms with van der Waals surface area (Å²) in [6.45, 7) is 5.41. The number of hydrogen-bond acceptors (Lipinski definition) is 2. The molecule has 0 unspecified atom stereocenters. The number of hydrogen-bond donors (Lipinski definition) is 1. The number of rotatable bonds is 5. The van der Waals surface area contributed by atoms with Gasteiger partial charge in [-0.1, -0.05) is 12.8 Å². The van der Waals surface area contributed by atoms with E-state index in [2.05, 4.69) is 10.2 Å². The zero-order valence-electron chi connectivity index (χ0n) is 9.80. The lowest BCUT2D eigenvalue weighted by molar-refractivity contribution is 0.00574. The van der Waals surface area contributed by atoms with Crippen molar-refractivity contribution < 1.29 is 0 Å². The van der Waals surface area contributed by atoms with E-state index in [1.165, 1.54) is 71.1 Å². The molecule has 3 aliphatic rings. The van der Waals surface area contributed by atoms with Gasteiger partial charge in [0, 0.05) is 19.1 Å². The molecule has 2 nitrogen and oxygen atoms in total. The largest absolute Gasteiger partial charge is 0.314 e. The minimum atomic E-state index is 0.796. The van der Waals surface area contributed by atoms with Crippen LogP contribution in [0.15, 0.2) is 0 Å². The molecule has 1 heterocycles. The number of nitrogens with one attached hydrogen (secondary N) is 1. The van der Waals surface area contributed by atoms with Gasteiger partial charge in [0.05, 0.1) is 0 Å². The van der Waals surface area contributed by atoms with Crippen molar-refractivity contribution in [2.75, 3.05) is 26.2 Å². The summed E-state index contributed by atoms with van der Waals surface area (Å²) in [5.41, 5.74) is 0.796. The van der Waals surface area contributed by atoms with E-state index in [9.17, 15) is 0 Å². The third kappa shape index (κ3) is 2.36. The van der Waals surface area contributed by atoms with E-state index < -0.39 is 0 Å². The van der Waals surface area contributed by atoms with Gasteiger partial charge >= 0.3 is 0 Å². The molecule has 1 N–H and O–H groups in total. The summed E-state index contributed by atoms with van der Waals surface area (Å²) in [7, 11) is 0. The predicted octanol–water partition coefficient (Wildman–Crippen LogP) is 2.00. The lowest BCUT2D eigenvalue weighted by Crippen LogP contribution is -2.55. The molecule has 3 fully saturated rings. The summed E-state index contributed by atoms with van der Waals surface area (Å²) in [6, 6.07) is 0.891. The van der Waals surface area contributed by atoms with Crippen LogP contribution in [0, 0.1) is 5.41 Å². The standard InChI is InChI=1S/C13H24N2/c1-2-7-13(6-1)10-15(11-13)9-3-8-14-12-4-5-12/h12,14H,1-11H2. The molecule has 0 atom stereocenters. The molecule has 15 heavy (non-hydrogen) atoms. The second kappa shape index (κ2) is 4.06. The van der Waals surface area contributed by atoms with E-state index in [4.69, 9.17) is 0 Å². The van der Waals surface area contributed by atoms with Gasteiger partial charge < -0.3 is 10.2 Å². The summed E-state index contributed by atoms with van der Waals surface area (Å²) >= 11 is 0. The molecule has 1 aliphatic heterocycles. The Morgan fingerprint density at radius 1 is 1.13 bits per heavy atom. The van der Waals surface area contributed by atoms with E-state index >= 15 is 0 Å². The van der Waals surface area contributed by atoms with Crippen molar-refractivity contribution >= 4 is 0 Å². The summed E-state index contributed by atoms with van der Waals surface area (Å²) in [5, 5.41) is 3.59. The van der Waals surface area contributed by atoms with Gasteiger partial charge in [0.15, 0.2) is 0 Å². The molecule has 2 saturated carbocycles. The maximum atomic E-state index is 3.59. The fourth-order valence-corrected chi connectivity index (χ4v) is 3.40. The van der Waals surface area contributed by atoms with E-state index in [-0.39, 0.29) is 0 Å². The highest BCUT2D eigenvalue weighted by Crippen LogP contribution is 2.45. The van der Waals surface area contributed by atoms with E-state index in [0.29, 0.717) is 0 Å². The van der Waals surface area contributed by atoms with Gasteiger partial charge in [-0.3, -0.25) is 0 Å². The van der Waals surface area contributed by atoms with Crippen molar-refractivity contribution in [3.63, 3.8) is 0 Å². The summed E-state index contributed by atoms with van der Waals surface area (Å²) in [5.74, 6) is 0. The molecule has 0 aromatic carbocycles. The van der Waals surface area contributed by atoms with E-state index in [1.54, 1.807) is 0 Å². The fourth-order valence-electron chi connectivity index (χ4n) is 3.40. The maximum absolute atomic E-state index is 3.59. The van der Waals surface area contributed by atoms with Crippen molar-refractivity contribution in [2.45, 2.75) is 51.0 Å². The summed E-state index contributed by atoms with van der Waals surface area (Å²) < 4.78 is 0. The maximum Gasteiger partial charge on any atom is 0.00682 e. The Kier molecular flexibility index (Phi) is 2.73. The Morgan fingerprint density at radius 3 is 2.53 bits per heavy atom. The monoisotopic (exact) mass is 208 g/mol. The van der Waals surface area contributed by atoms with E-state index in [1.807, 2.05) is 0 Å². The summed E-state index contributed by atoms with van der Waals surface area (Å²) in [6.07, 6.45) is 10.2. The average Bonchev–Trinajstić information content (AvgIpc) is 2.87. The van der Waals surface area contributed by atoms with Crippen LogP contribution >= 0.6 is 0 Å². The van der Waals surface area contributed by atoms with Crippen molar-refractivity contribution in [1.82, 2.24) is 10.2 Å². The first-order valence-electron chi connectivity index (χ1n) is 6.82. The molecule has 3 rings (SSSR count). The minimum absolute atomic E-state index is 0.796. The highest BCUT2D eigenvalue weighted by Gasteiger charge is 2.43. The topological polar surface area (TPSA) is 15.3 Å². The third-order valence-electron chi connectivity index (χ3n) is 4.44. The Bertz CT molecular complexity index is 209. The zero-order valence-corrected chi connectivity index (χ0v) is 9.80. The van der Waals surface area contributed by atoms with Gasteiger partial charge in [0.25, 0.3) is 0 Å². The molecule has 0 radical (unpaired) electrons. The smallest absolute Gasteiger partial charge is 0.00682 e. The van der Waals surface area contributed by atoms with Gasteiger partial charge in [-0.05, 0) is 50.6 Å². The Morgan fingerprint density at radius 2 is 1.87 bits per heavy atom. The SMILES string of the molecule is C(CNC1CC1)CN1CC2(CCCC2)C1. The fraction of sp³-hybridized carbons (Fsp3) is 1.00. The molecule has 0 amide bonds. The Labute approximate surface area is 93.4 Å². The Balaban J connectivity index is 1.26. The lowest BCUT2D eigenvalue weighted by atomic mass is 9.78. The number of likely N-dealkylation sites (tertiary alicyclic amines) is 1. The van der Waals surface area contributed by atoms with Crippen molar-refractivity contribution in [3.05, 3.63) is 0 Å². The molecule has 1 spiro atoms. The molecule has 86 valence electrons. The highest BCUT2D eigenvalue weighted by molar-refractivity contribution is 4.97. The second-order valence-electron chi connectivity index (χ2n) is 6.00. The predicted molar refractivity (Wildman–Crippen MR) is 63.0 cm³/mol. The van der Waals surface area contributed by atoms with E-state index in [0.717, 1.165) is 11.5 Å². The molecular formula is C13H24N2. The van der Waals surface area contributed by atoms with Gasteiger partial charge in [0.1, 0.15) is 0 Å². The second-order valence-corrected chi connectivity index (χ2v) is 6.00. The zero-order chi connectivity index (χ0) is 10.1. The van der Waals surface area contributed by atoms with Crippen LogP contribution < -0.4 is 5.32 Å². The molecule has 1 saturated heterocycles. The van der Waals surface area contributed by atoms with Gasteiger partial charge in [0.2, 0.25) is 0 Å². The van der Waals surface area contributed by atoms with Crippen LogP contribution in [0.5, 0.6) is 0 Å². The van der Waals surface area contributed by atoms with Crippen molar-refractivity contribution in [2.24, 2.45) is 5.41 Å². The van der Waals surface area contributed by atoms with Crippen LogP contribution in [0.3, 0.4) is 0 Å². The van der Waals surface area contributed by atoms with Crippen LogP contribution in [-0.2, 0) is 0 Å². The molecule has 0 aromatic heterocycles. The normalized spacial score (nSPS) is 29.6.